The molecule has 0 radical (unpaired) electrons. The summed E-state index contributed by atoms with van der Waals surface area (Å²) in [7, 11) is -3.70. The van der Waals surface area contributed by atoms with Crippen LogP contribution in [0.1, 0.15) is 22.5 Å². The van der Waals surface area contributed by atoms with E-state index in [1.807, 2.05) is 39.3 Å². The van der Waals surface area contributed by atoms with Gasteiger partial charge in [0.2, 0.25) is 0 Å². The molecule has 0 aliphatic heterocycles. The van der Waals surface area contributed by atoms with Crippen LogP contribution in [0.25, 0.3) is 5.69 Å². The van der Waals surface area contributed by atoms with Gasteiger partial charge in [-0.25, -0.2) is 0 Å². The lowest BCUT2D eigenvalue weighted by molar-refractivity contribution is -0.143. The van der Waals surface area contributed by atoms with Crippen LogP contribution in [0.3, 0.4) is 0 Å². The average Bonchev–Trinajstić information content (AvgIpc) is 2.98. The van der Waals surface area contributed by atoms with Crippen LogP contribution in [-0.4, -0.2) is 20.7 Å². The Balaban J connectivity index is 2.87. The zero-order valence-corrected chi connectivity index (χ0v) is 20.1. The Morgan fingerprint density at radius 1 is 0.645 bits per heavy atom. The molecule has 2 aromatic rings. The molecule has 1 aromatic heterocycles. The van der Waals surface area contributed by atoms with Gasteiger partial charge < -0.3 is 0 Å². The Bertz CT molecular complexity index is 1010. The molecular formula is C22H23F6NSi2. The second-order valence-corrected chi connectivity index (χ2v) is 18.7. The molecule has 0 saturated carbocycles. The molecule has 31 heavy (non-hydrogen) atoms. The lowest BCUT2D eigenvalue weighted by atomic mass is 10.1. The molecule has 9 heteroatoms. The smallest absolute Gasteiger partial charge is 0.296 e. The Labute approximate surface area is 180 Å². The first-order valence-corrected chi connectivity index (χ1v) is 16.4. The van der Waals surface area contributed by atoms with E-state index >= 15 is 0 Å². The predicted octanol–water partition coefficient (Wildman–Crippen LogP) is 6.97. The van der Waals surface area contributed by atoms with Crippen molar-refractivity contribution in [1.29, 1.82) is 0 Å². The number of nitrogens with zero attached hydrogens (tertiary/aromatic N) is 1. The third-order valence-corrected chi connectivity index (χ3v) is 5.59. The van der Waals surface area contributed by atoms with E-state index in [2.05, 4.69) is 22.9 Å². The molecular weight excluding hydrogens is 448 g/mol. The highest BCUT2D eigenvalue weighted by Crippen LogP contribution is 2.37. The van der Waals surface area contributed by atoms with Gasteiger partial charge in [0.1, 0.15) is 16.1 Å². The molecule has 0 N–H and O–H groups in total. The molecule has 2 rings (SSSR count). The van der Waals surface area contributed by atoms with Crippen LogP contribution < -0.4 is 0 Å². The van der Waals surface area contributed by atoms with Crippen molar-refractivity contribution in [3.63, 3.8) is 0 Å². The van der Waals surface area contributed by atoms with Crippen LogP contribution >= 0.6 is 0 Å². The van der Waals surface area contributed by atoms with Gasteiger partial charge in [0.15, 0.2) is 0 Å². The summed E-state index contributed by atoms with van der Waals surface area (Å²) in [4.78, 5) is 0. The van der Waals surface area contributed by atoms with E-state index < -0.39 is 39.6 Å². The quantitative estimate of drug-likeness (QED) is 0.240. The first kappa shape index (κ1) is 24.9. The average molecular weight is 472 g/mol. The van der Waals surface area contributed by atoms with Crippen molar-refractivity contribution in [2.24, 2.45) is 0 Å². The van der Waals surface area contributed by atoms with Gasteiger partial charge in [0.25, 0.3) is 0 Å². The van der Waals surface area contributed by atoms with E-state index in [1.54, 1.807) is 12.1 Å². The van der Waals surface area contributed by atoms with Crippen LogP contribution in [0.5, 0.6) is 0 Å². The standard InChI is InChI=1S/C22H23F6NSi2/c1-30(2,3)11-9-18-7-8-19(10-12-31(4,5)6)29(18)20-14-16(21(23,24)25)13-17(15-20)22(26,27)28/h7-8,13-15H,1-6H3. The fraction of sp³-hybridized carbons (Fsp3) is 0.364. The van der Waals surface area contributed by atoms with E-state index in [-0.39, 0.29) is 11.8 Å². The Kier molecular flexibility index (Phi) is 6.66. The first-order valence-electron chi connectivity index (χ1n) is 9.45. The van der Waals surface area contributed by atoms with Crippen molar-refractivity contribution >= 4 is 16.1 Å². The highest BCUT2D eigenvalue weighted by molar-refractivity contribution is 6.84. The summed E-state index contributed by atoms with van der Waals surface area (Å²) in [6, 6.07) is 4.68. The number of hydrogen-bond donors (Lipinski definition) is 0. The summed E-state index contributed by atoms with van der Waals surface area (Å²) in [6.07, 6.45) is -9.87. The highest BCUT2D eigenvalue weighted by atomic mass is 28.3. The Hall–Kier alpha value is -2.37. The molecule has 166 valence electrons. The highest BCUT2D eigenvalue weighted by Gasteiger charge is 2.37. The summed E-state index contributed by atoms with van der Waals surface area (Å²) in [5.41, 5.74) is 3.79. The minimum Gasteiger partial charge on any atom is -0.296 e. The fourth-order valence-electron chi connectivity index (χ4n) is 2.48. The lowest BCUT2D eigenvalue weighted by Gasteiger charge is -2.16. The van der Waals surface area contributed by atoms with Crippen molar-refractivity contribution in [2.75, 3.05) is 0 Å². The number of rotatable bonds is 1. The van der Waals surface area contributed by atoms with Crippen molar-refractivity contribution in [3.8, 4) is 28.6 Å². The summed E-state index contributed by atoms with van der Waals surface area (Å²) >= 11 is 0. The van der Waals surface area contributed by atoms with Gasteiger partial charge in [0, 0.05) is 5.69 Å². The largest absolute Gasteiger partial charge is 0.416 e. The molecule has 0 spiro atoms. The van der Waals surface area contributed by atoms with E-state index in [1.165, 1.54) is 4.57 Å². The Morgan fingerprint density at radius 2 is 1.00 bits per heavy atom. The van der Waals surface area contributed by atoms with Crippen molar-refractivity contribution in [2.45, 2.75) is 51.6 Å². The molecule has 0 atom stereocenters. The summed E-state index contributed by atoms with van der Waals surface area (Å²) < 4.78 is 81.5. The molecule has 0 aliphatic rings. The van der Waals surface area contributed by atoms with E-state index in [0.29, 0.717) is 23.5 Å². The minimum atomic E-state index is -4.93. The number of benzene rings is 1. The molecule has 0 unspecified atom stereocenters. The summed E-state index contributed by atoms with van der Waals surface area (Å²) in [6.45, 7) is 11.9. The topological polar surface area (TPSA) is 4.93 Å². The van der Waals surface area contributed by atoms with Gasteiger partial charge >= 0.3 is 12.4 Å². The molecule has 0 bridgehead atoms. The number of hydrogen-bond acceptors (Lipinski definition) is 0. The molecule has 1 heterocycles. The van der Waals surface area contributed by atoms with Gasteiger partial charge in [-0.15, -0.1) is 11.1 Å². The van der Waals surface area contributed by atoms with E-state index in [0.717, 1.165) is 0 Å². The maximum atomic E-state index is 13.4. The number of aromatic nitrogens is 1. The van der Waals surface area contributed by atoms with Gasteiger partial charge in [-0.3, -0.25) is 4.57 Å². The SMILES string of the molecule is C[Si](C)(C)C#Cc1ccc(C#C[Si](C)(C)C)n1-c1cc(C(F)(F)F)cc(C(F)(F)F)c1. The molecule has 1 aromatic carbocycles. The fourth-order valence-corrected chi connectivity index (χ4v) is 3.49. The van der Waals surface area contributed by atoms with Crippen LogP contribution in [0.15, 0.2) is 30.3 Å². The molecule has 0 aliphatic carbocycles. The molecule has 0 fully saturated rings. The van der Waals surface area contributed by atoms with Crippen LogP contribution in [0.4, 0.5) is 26.3 Å². The third-order valence-electron chi connectivity index (χ3n) is 3.84. The predicted molar refractivity (Wildman–Crippen MR) is 116 cm³/mol. The summed E-state index contributed by atoms with van der Waals surface area (Å²) in [5, 5.41) is 0. The van der Waals surface area contributed by atoms with Crippen LogP contribution in [-0.2, 0) is 12.4 Å². The lowest BCUT2D eigenvalue weighted by Crippen LogP contribution is -2.17. The van der Waals surface area contributed by atoms with Crippen molar-refractivity contribution in [1.82, 2.24) is 4.57 Å². The molecule has 1 nitrogen and oxygen atoms in total. The van der Waals surface area contributed by atoms with Gasteiger partial charge in [-0.2, -0.15) is 26.3 Å². The second kappa shape index (κ2) is 8.29. The number of alkyl halides is 6. The van der Waals surface area contributed by atoms with Crippen LogP contribution in [0, 0.1) is 22.9 Å². The molecule has 0 amide bonds. The second-order valence-electron chi connectivity index (χ2n) is 9.20. The maximum absolute atomic E-state index is 13.4. The summed E-state index contributed by atoms with van der Waals surface area (Å²) in [5.74, 6) is 5.88. The monoisotopic (exact) mass is 471 g/mol. The normalized spacial score (nSPS) is 12.6. The van der Waals surface area contributed by atoms with Gasteiger partial charge in [-0.05, 0) is 30.3 Å². The van der Waals surface area contributed by atoms with Gasteiger partial charge in [-0.1, -0.05) is 51.1 Å². The third kappa shape index (κ3) is 7.08. The minimum absolute atomic E-state index is 0.119. The Morgan fingerprint density at radius 3 is 1.29 bits per heavy atom. The van der Waals surface area contributed by atoms with Gasteiger partial charge in [0.05, 0.1) is 22.5 Å². The zero-order chi connectivity index (χ0) is 23.8. The first-order chi connectivity index (χ1) is 13.9. The van der Waals surface area contributed by atoms with Crippen molar-refractivity contribution < 1.29 is 26.3 Å². The molecule has 0 saturated heterocycles. The van der Waals surface area contributed by atoms with E-state index in [4.69, 9.17) is 0 Å². The number of halogens is 6. The van der Waals surface area contributed by atoms with Crippen molar-refractivity contribution in [3.05, 3.63) is 52.8 Å². The van der Waals surface area contributed by atoms with E-state index in [9.17, 15) is 26.3 Å². The zero-order valence-electron chi connectivity index (χ0n) is 18.1. The maximum Gasteiger partial charge on any atom is 0.416 e. The van der Waals surface area contributed by atoms with Crippen LogP contribution in [0.2, 0.25) is 39.3 Å².